The molecular formula is C11H19N3. The molecule has 0 bridgehead atoms. The Kier molecular flexibility index (Phi) is 2.87. The summed E-state index contributed by atoms with van der Waals surface area (Å²) >= 11 is 0. The predicted octanol–water partition coefficient (Wildman–Crippen LogP) is 1.62. The highest BCUT2D eigenvalue weighted by molar-refractivity contribution is 5.02. The van der Waals surface area contributed by atoms with Gasteiger partial charge in [-0.05, 0) is 25.3 Å². The summed E-state index contributed by atoms with van der Waals surface area (Å²) in [5.74, 6) is 0.708. The highest BCUT2D eigenvalue weighted by Crippen LogP contribution is 2.18. The molecule has 1 aromatic heterocycles. The average molecular weight is 193 g/mol. The van der Waals surface area contributed by atoms with Crippen LogP contribution in [0.4, 0.5) is 0 Å². The van der Waals surface area contributed by atoms with E-state index in [0.717, 1.165) is 19.5 Å². The smallest absolute Gasteiger partial charge is 0.0951 e. The predicted molar refractivity (Wildman–Crippen MR) is 57.3 cm³/mol. The van der Waals surface area contributed by atoms with Gasteiger partial charge in [0.25, 0.3) is 0 Å². The van der Waals surface area contributed by atoms with E-state index in [4.69, 9.17) is 0 Å². The molecule has 1 saturated heterocycles. The number of nitrogens with zero attached hydrogens (tertiary/aromatic N) is 2. The van der Waals surface area contributed by atoms with E-state index in [1.165, 1.54) is 12.1 Å². The van der Waals surface area contributed by atoms with Crippen molar-refractivity contribution < 1.29 is 0 Å². The van der Waals surface area contributed by atoms with Gasteiger partial charge in [-0.15, -0.1) is 0 Å². The summed E-state index contributed by atoms with van der Waals surface area (Å²) in [4.78, 5) is 4.25. The molecule has 3 heteroatoms. The molecular weight excluding hydrogens is 174 g/mol. The lowest BCUT2D eigenvalue weighted by Crippen LogP contribution is -2.15. The summed E-state index contributed by atoms with van der Waals surface area (Å²) in [6, 6.07) is 0.631. The van der Waals surface area contributed by atoms with Gasteiger partial charge in [-0.3, -0.25) is 0 Å². The van der Waals surface area contributed by atoms with Gasteiger partial charge in [0.1, 0.15) is 0 Å². The van der Waals surface area contributed by atoms with Crippen LogP contribution >= 0.6 is 0 Å². The maximum atomic E-state index is 4.25. The van der Waals surface area contributed by atoms with Crippen molar-refractivity contribution >= 4 is 0 Å². The third-order valence-electron chi connectivity index (χ3n) is 2.79. The Labute approximate surface area is 85.5 Å². The maximum Gasteiger partial charge on any atom is 0.0951 e. The van der Waals surface area contributed by atoms with Crippen LogP contribution in [0.15, 0.2) is 12.5 Å². The molecule has 0 aliphatic carbocycles. The number of imidazole rings is 1. The molecule has 14 heavy (non-hydrogen) atoms. The molecule has 3 nitrogen and oxygen atoms in total. The van der Waals surface area contributed by atoms with Gasteiger partial charge >= 0.3 is 0 Å². The second-order valence-electron chi connectivity index (χ2n) is 4.54. The highest BCUT2D eigenvalue weighted by Gasteiger charge is 2.18. The van der Waals surface area contributed by atoms with Gasteiger partial charge in [-0.1, -0.05) is 13.8 Å². The van der Waals surface area contributed by atoms with Crippen molar-refractivity contribution in [1.82, 2.24) is 14.9 Å². The Morgan fingerprint density at radius 1 is 1.64 bits per heavy atom. The minimum Gasteiger partial charge on any atom is -0.330 e. The van der Waals surface area contributed by atoms with E-state index in [1.807, 2.05) is 12.5 Å². The van der Waals surface area contributed by atoms with E-state index in [1.54, 1.807) is 0 Å². The second-order valence-corrected chi connectivity index (χ2v) is 4.54. The summed E-state index contributed by atoms with van der Waals surface area (Å²) in [5, 5.41) is 3.39. The molecule has 0 spiro atoms. The molecule has 2 heterocycles. The fraction of sp³-hybridized carbons (Fsp3) is 0.727. The first kappa shape index (κ1) is 9.71. The van der Waals surface area contributed by atoms with E-state index in [0.29, 0.717) is 12.0 Å². The quantitative estimate of drug-likeness (QED) is 0.790. The molecule has 1 N–H and O–H groups in total. The SMILES string of the molecule is CC(C)Cc1cncn1C1CCNC1. The van der Waals surface area contributed by atoms with Crippen molar-refractivity contribution in [3.63, 3.8) is 0 Å². The summed E-state index contributed by atoms with van der Waals surface area (Å²) in [6.45, 7) is 6.75. The van der Waals surface area contributed by atoms with Crippen LogP contribution in [0.1, 0.15) is 32.0 Å². The molecule has 1 aliphatic heterocycles. The third-order valence-corrected chi connectivity index (χ3v) is 2.79. The molecule has 2 rings (SSSR count). The third kappa shape index (κ3) is 1.98. The minimum atomic E-state index is 0.631. The van der Waals surface area contributed by atoms with Crippen molar-refractivity contribution in [1.29, 1.82) is 0 Å². The van der Waals surface area contributed by atoms with Gasteiger partial charge in [0, 0.05) is 24.5 Å². The summed E-state index contributed by atoms with van der Waals surface area (Å²) in [6.07, 6.45) is 6.37. The molecule has 0 aromatic carbocycles. The summed E-state index contributed by atoms with van der Waals surface area (Å²) < 4.78 is 2.35. The van der Waals surface area contributed by atoms with Gasteiger partial charge in [-0.2, -0.15) is 0 Å². The first-order valence-electron chi connectivity index (χ1n) is 5.49. The Hall–Kier alpha value is -0.830. The van der Waals surface area contributed by atoms with Gasteiger partial charge in [0.05, 0.1) is 6.33 Å². The highest BCUT2D eigenvalue weighted by atomic mass is 15.1. The Morgan fingerprint density at radius 3 is 3.14 bits per heavy atom. The standard InChI is InChI=1S/C11H19N3/c1-9(2)5-11-7-13-8-14(11)10-3-4-12-6-10/h7-10,12H,3-6H2,1-2H3. The van der Waals surface area contributed by atoms with Crippen LogP contribution in [-0.4, -0.2) is 22.6 Å². The Balaban J connectivity index is 2.12. The topological polar surface area (TPSA) is 29.9 Å². The number of aromatic nitrogens is 2. The lowest BCUT2D eigenvalue weighted by molar-refractivity contribution is 0.506. The molecule has 1 fully saturated rings. The van der Waals surface area contributed by atoms with E-state index in [2.05, 4.69) is 28.7 Å². The molecule has 1 aromatic rings. The Bertz CT molecular complexity index is 284. The van der Waals surface area contributed by atoms with Gasteiger partial charge in [-0.25, -0.2) is 4.98 Å². The largest absolute Gasteiger partial charge is 0.330 e. The molecule has 0 amide bonds. The fourth-order valence-electron chi connectivity index (χ4n) is 2.11. The first-order valence-corrected chi connectivity index (χ1v) is 5.49. The lowest BCUT2D eigenvalue weighted by Gasteiger charge is -2.15. The number of nitrogens with one attached hydrogen (secondary N) is 1. The molecule has 1 unspecified atom stereocenters. The van der Waals surface area contributed by atoms with Crippen LogP contribution in [0.5, 0.6) is 0 Å². The van der Waals surface area contributed by atoms with E-state index in [-0.39, 0.29) is 0 Å². The van der Waals surface area contributed by atoms with Crippen molar-refractivity contribution in [2.45, 2.75) is 32.7 Å². The van der Waals surface area contributed by atoms with Crippen molar-refractivity contribution in [2.24, 2.45) is 5.92 Å². The van der Waals surface area contributed by atoms with Gasteiger partial charge in [0.15, 0.2) is 0 Å². The van der Waals surface area contributed by atoms with Crippen molar-refractivity contribution in [2.75, 3.05) is 13.1 Å². The fourth-order valence-corrected chi connectivity index (χ4v) is 2.11. The van der Waals surface area contributed by atoms with Crippen molar-refractivity contribution in [3.8, 4) is 0 Å². The average Bonchev–Trinajstić information content (AvgIpc) is 2.70. The van der Waals surface area contributed by atoms with Crippen LogP contribution in [0, 0.1) is 5.92 Å². The van der Waals surface area contributed by atoms with E-state index in [9.17, 15) is 0 Å². The lowest BCUT2D eigenvalue weighted by atomic mass is 10.1. The van der Waals surface area contributed by atoms with Crippen LogP contribution in [0.25, 0.3) is 0 Å². The number of hydrogen-bond donors (Lipinski definition) is 1. The van der Waals surface area contributed by atoms with Crippen molar-refractivity contribution in [3.05, 3.63) is 18.2 Å². The summed E-state index contributed by atoms with van der Waals surface area (Å²) in [5.41, 5.74) is 1.38. The zero-order valence-corrected chi connectivity index (χ0v) is 9.03. The molecule has 0 radical (unpaired) electrons. The van der Waals surface area contributed by atoms with Gasteiger partial charge < -0.3 is 9.88 Å². The molecule has 1 aliphatic rings. The van der Waals surface area contributed by atoms with Crippen LogP contribution < -0.4 is 5.32 Å². The van der Waals surface area contributed by atoms with Crippen LogP contribution in [0.3, 0.4) is 0 Å². The molecule has 1 atom stereocenters. The maximum absolute atomic E-state index is 4.25. The second kappa shape index (κ2) is 4.13. The zero-order chi connectivity index (χ0) is 9.97. The minimum absolute atomic E-state index is 0.631. The van der Waals surface area contributed by atoms with Gasteiger partial charge in [0.2, 0.25) is 0 Å². The Morgan fingerprint density at radius 2 is 2.50 bits per heavy atom. The van der Waals surface area contributed by atoms with E-state index < -0.39 is 0 Å². The van der Waals surface area contributed by atoms with E-state index >= 15 is 0 Å². The summed E-state index contributed by atoms with van der Waals surface area (Å²) in [7, 11) is 0. The van der Waals surface area contributed by atoms with Crippen LogP contribution in [0.2, 0.25) is 0 Å². The molecule has 78 valence electrons. The zero-order valence-electron chi connectivity index (χ0n) is 9.03. The van der Waals surface area contributed by atoms with Crippen LogP contribution in [-0.2, 0) is 6.42 Å². The molecule has 0 saturated carbocycles. The number of hydrogen-bond acceptors (Lipinski definition) is 2. The monoisotopic (exact) mass is 193 g/mol. The number of rotatable bonds is 3. The normalized spacial score (nSPS) is 22.1. The first-order chi connectivity index (χ1) is 6.77.